The molecule has 116 valence electrons. The summed E-state index contributed by atoms with van der Waals surface area (Å²) in [5.41, 5.74) is 1.11. The van der Waals surface area contributed by atoms with Crippen LogP contribution in [0.15, 0.2) is 48.5 Å². The van der Waals surface area contributed by atoms with Crippen molar-refractivity contribution >= 4 is 11.7 Å². The maximum atomic E-state index is 14.0. The van der Waals surface area contributed by atoms with E-state index in [1.165, 1.54) is 18.2 Å². The lowest BCUT2D eigenvalue weighted by molar-refractivity contribution is -0.140. The van der Waals surface area contributed by atoms with Crippen molar-refractivity contribution in [3.8, 4) is 0 Å². The van der Waals surface area contributed by atoms with E-state index in [2.05, 4.69) is 0 Å². The van der Waals surface area contributed by atoms with Crippen LogP contribution in [-0.4, -0.2) is 17.6 Å². The van der Waals surface area contributed by atoms with Crippen molar-refractivity contribution in [1.29, 1.82) is 0 Å². The van der Waals surface area contributed by atoms with Gasteiger partial charge in [0.1, 0.15) is 11.6 Å². The third kappa shape index (κ3) is 4.04. The Morgan fingerprint density at radius 2 is 1.77 bits per heavy atom. The minimum atomic E-state index is -0.944. The molecule has 0 saturated carbocycles. The number of anilines is 1. The predicted molar refractivity (Wildman–Crippen MR) is 80.6 cm³/mol. The van der Waals surface area contributed by atoms with Gasteiger partial charge in [0.2, 0.25) is 0 Å². The molecule has 1 unspecified atom stereocenters. The Balaban J connectivity index is 2.27. The largest absolute Gasteiger partial charge is 0.481 e. The van der Waals surface area contributed by atoms with Crippen LogP contribution in [0.3, 0.4) is 0 Å². The lowest BCUT2D eigenvalue weighted by Crippen LogP contribution is -2.32. The molecule has 0 amide bonds. The molecule has 0 radical (unpaired) electrons. The van der Waals surface area contributed by atoms with Crippen molar-refractivity contribution in [3.05, 3.63) is 65.7 Å². The smallest absolute Gasteiger partial charge is 0.308 e. The second-order valence-corrected chi connectivity index (χ2v) is 5.20. The standard InChI is InChI=1S/C17H17F2NO2/c1-12(17(21)22)10-20(16-5-3-2-4-15(16)19)11-13-6-8-14(18)9-7-13/h2-9,12H,10-11H2,1H3,(H,21,22). The van der Waals surface area contributed by atoms with Gasteiger partial charge >= 0.3 is 5.97 Å². The second-order valence-electron chi connectivity index (χ2n) is 5.20. The molecule has 0 aliphatic rings. The van der Waals surface area contributed by atoms with Crippen molar-refractivity contribution in [2.24, 2.45) is 5.92 Å². The maximum Gasteiger partial charge on any atom is 0.308 e. The Labute approximate surface area is 127 Å². The molecule has 0 spiro atoms. The minimum absolute atomic E-state index is 0.160. The molecule has 0 heterocycles. The van der Waals surface area contributed by atoms with E-state index in [9.17, 15) is 13.6 Å². The van der Waals surface area contributed by atoms with Gasteiger partial charge in [0.05, 0.1) is 11.6 Å². The highest BCUT2D eigenvalue weighted by atomic mass is 19.1. The quantitative estimate of drug-likeness (QED) is 0.885. The van der Waals surface area contributed by atoms with E-state index in [0.717, 1.165) is 5.56 Å². The topological polar surface area (TPSA) is 40.5 Å². The SMILES string of the molecule is CC(CN(Cc1ccc(F)cc1)c1ccccc1F)C(=O)O. The summed E-state index contributed by atoms with van der Waals surface area (Å²) in [5.74, 6) is -2.36. The van der Waals surface area contributed by atoms with Gasteiger partial charge in [-0.05, 0) is 29.8 Å². The van der Waals surface area contributed by atoms with Gasteiger partial charge < -0.3 is 10.0 Å². The zero-order valence-electron chi connectivity index (χ0n) is 12.2. The summed E-state index contributed by atoms with van der Waals surface area (Å²) >= 11 is 0. The zero-order chi connectivity index (χ0) is 16.1. The average molecular weight is 305 g/mol. The zero-order valence-corrected chi connectivity index (χ0v) is 12.2. The van der Waals surface area contributed by atoms with Gasteiger partial charge in [-0.15, -0.1) is 0 Å². The summed E-state index contributed by atoms with van der Waals surface area (Å²) in [7, 11) is 0. The Hall–Kier alpha value is -2.43. The number of nitrogens with zero attached hydrogens (tertiary/aromatic N) is 1. The minimum Gasteiger partial charge on any atom is -0.481 e. The number of carboxylic acids is 1. The Morgan fingerprint density at radius 1 is 1.14 bits per heavy atom. The first-order chi connectivity index (χ1) is 10.5. The lowest BCUT2D eigenvalue weighted by Gasteiger charge is -2.27. The summed E-state index contributed by atoms with van der Waals surface area (Å²) in [6.07, 6.45) is 0. The summed E-state index contributed by atoms with van der Waals surface area (Å²) in [6.45, 7) is 2.04. The monoisotopic (exact) mass is 305 g/mol. The number of benzene rings is 2. The number of para-hydroxylation sites is 1. The number of hydrogen-bond donors (Lipinski definition) is 1. The van der Waals surface area contributed by atoms with Crippen LogP contribution in [0.4, 0.5) is 14.5 Å². The van der Waals surface area contributed by atoms with Gasteiger partial charge in [0.25, 0.3) is 0 Å². The van der Waals surface area contributed by atoms with Gasteiger partial charge in [0.15, 0.2) is 0 Å². The first kappa shape index (κ1) is 15.9. The van der Waals surface area contributed by atoms with E-state index in [1.54, 1.807) is 42.2 Å². The first-order valence-electron chi connectivity index (χ1n) is 6.94. The molecule has 2 rings (SSSR count). The predicted octanol–water partition coefficient (Wildman–Crippen LogP) is 3.69. The van der Waals surface area contributed by atoms with Crippen molar-refractivity contribution in [2.75, 3.05) is 11.4 Å². The van der Waals surface area contributed by atoms with Gasteiger partial charge in [-0.1, -0.05) is 31.2 Å². The summed E-state index contributed by atoms with van der Waals surface area (Å²) < 4.78 is 27.0. The van der Waals surface area contributed by atoms with Crippen LogP contribution >= 0.6 is 0 Å². The van der Waals surface area contributed by atoms with E-state index < -0.39 is 17.7 Å². The molecule has 0 aliphatic heterocycles. The Morgan fingerprint density at radius 3 is 2.36 bits per heavy atom. The molecule has 0 aromatic heterocycles. The van der Waals surface area contributed by atoms with Crippen LogP contribution in [0, 0.1) is 17.6 Å². The van der Waals surface area contributed by atoms with Crippen molar-refractivity contribution in [2.45, 2.75) is 13.5 Å². The molecule has 0 fully saturated rings. The third-order valence-electron chi connectivity index (χ3n) is 3.40. The van der Waals surface area contributed by atoms with Crippen LogP contribution in [-0.2, 0) is 11.3 Å². The first-order valence-corrected chi connectivity index (χ1v) is 6.94. The summed E-state index contributed by atoms with van der Waals surface area (Å²) in [6, 6.07) is 12.1. The molecule has 22 heavy (non-hydrogen) atoms. The van der Waals surface area contributed by atoms with E-state index in [-0.39, 0.29) is 12.4 Å². The lowest BCUT2D eigenvalue weighted by atomic mass is 10.1. The summed E-state index contributed by atoms with van der Waals surface area (Å²) in [5, 5.41) is 9.08. The number of aliphatic carboxylic acids is 1. The van der Waals surface area contributed by atoms with E-state index in [0.29, 0.717) is 12.2 Å². The molecular weight excluding hydrogens is 288 g/mol. The molecule has 0 saturated heterocycles. The third-order valence-corrected chi connectivity index (χ3v) is 3.40. The molecule has 2 aromatic rings. The highest BCUT2D eigenvalue weighted by molar-refractivity contribution is 5.70. The Kier molecular flexibility index (Phi) is 5.09. The fraction of sp³-hybridized carbons (Fsp3) is 0.235. The molecule has 0 aliphatic carbocycles. The van der Waals surface area contributed by atoms with Crippen LogP contribution in [0.2, 0.25) is 0 Å². The molecular formula is C17H17F2NO2. The molecule has 3 nitrogen and oxygen atoms in total. The highest BCUT2D eigenvalue weighted by Crippen LogP contribution is 2.22. The maximum absolute atomic E-state index is 14.0. The van der Waals surface area contributed by atoms with E-state index >= 15 is 0 Å². The fourth-order valence-corrected chi connectivity index (χ4v) is 2.18. The van der Waals surface area contributed by atoms with Crippen LogP contribution in [0.25, 0.3) is 0 Å². The number of halogens is 2. The molecule has 2 aromatic carbocycles. The molecule has 1 N–H and O–H groups in total. The average Bonchev–Trinajstić information content (AvgIpc) is 2.49. The number of rotatable bonds is 6. The van der Waals surface area contributed by atoms with E-state index in [1.807, 2.05) is 0 Å². The number of carboxylic acid groups (broad SMARTS) is 1. The second kappa shape index (κ2) is 7.02. The fourth-order valence-electron chi connectivity index (χ4n) is 2.18. The highest BCUT2D eigenvalue weighted by Gasteiger charge is 2.19. The summed E-state index contributed by atoms with van der Waals surface area (Å²) in [4.78, 5) is 12.7. The van der Waals surface area contributed by atoms with Crippen molar-refractivity contribution < 1.29 is 18.7 Å². The van der Waals surface area contributed by atoms with Crippen LogP contribution in [0.1, 0.15) is 12.5 Å². The van der Waals surface area contributed by atoms with Gasteiger partial charge in [-0.2, -0.15) is 0 Å². The number of carbonyl (C=O) groups is 1. The Bertz CT molecular complexity index is 643. The van der Waals surface area contributed by atoms with Gasteiger partial charge in [-0.3, -0.25) is 4.79 Å². The number of hydrogen-bond acceptors (Lipinski definition) is 2. The van der Waals surface area contributed by atoms with Crippen LogP contribution < -0.4 is 4.90 Å². The molecule has 0 bridgehead atoms. The van der Waals surface area contributed by atoms with Crippen molar-refractivity contribution in [3.63, 3.8) is 0 Å². The van der Waals surface area contributed by atoms with Gasteiger partial charge in [-0.25, -0.2) is 8.78 Å². The normalized spacial score (nSPS) is 12.0. The van der Waals surface area contributed by atoms with Crippen LogP contribution in [0.5, 0.6) is 0 Å². The molecule has 1 atom stereocenters. The van der Waals surface area contributed by atoms with Gasteiger partial charge in [0, 0.05) is 13.1 Å². The van der Waals surface area contributed by atoms with E-state index in [4.69, 9.17) is 5.11 Å². The molecule has 5 heteroatoms. The van der Waals surface area contributed by atoms with Crippen molar-refractivity contribution in [1.82, 2.24) is 0 Å².